The Morgan fingerprint density at radius 2 is 1.00 bits per heavy atom. The van der Waals surface area contributed by atoms with Crippen molar-refractivity contribution in [1.82, 2.24) is 0 Å². The molecule has 0 saturated carbocycles. The molecule has 0 amide bonds. The fraction of sp³-hybridized carbons (Fsp3) is 0.864. The Morgan fingerprint density at radius 3 is 1.46 bits per heavy atom. The third-order valence-corrected chi connectivity index (χ3v) is 11.0. The van der Waals surface area contributed by atoms with Crippen LogP contribution in [0.25, 0.3) is 0 Å². The minimum Gasteiger partial charge on any atom is -0.462 e. The van der Waals surface area contributed by atoms with Crippen LogP contribution in [0, 0.1) is 0 Å². The second kappa shape index (κ2) is 34.9. The van der Waals surface area contributed by atoms with Crippen LogP contribution in [-0.2, 0) is 38.7 Å². The van der Waals surface area contributed by atoms with E-state index in [1.54, 1.807) is 0 Å². The number of carbonyl (C=O) groups excluding carboxylic acids is 2. The van der Waals surface area contributed by atoms with E-state index < -0.39 is 71.2 Å². The van der Waals surface area contributed by atoms with Crippen LogP contribution in [-0.4, -0.2) is 96.0 Å². The first-order valence-corrected chi connectivity index (χ1v) is 24.0. The van der Waals surface area contributed by atoms with Gasteiger partial charge in [0.15, 0.2) is 12.4 Å². The summed E-state index contributed by atoms with van der Waals surface area (Å²) in [5.41, 5.74) is 0. The van der Waals surface area contributed by atoms with Gasteiger partial charge in [0.25, 0.3) is 10.1 Å². The third-order valence-electron chi connectivity index (χ3n) is 10.3. The quantitative estimate of drug-likeness (QED) is 0.0202. The van der Waals surface area contributed by atoms with Gasteiger partial charge in [-0.1, -0.05) is 134 Å². The molecule has 57 heavy (non-hydrogen) atoms. The Bertz CT molecular complexity index is 1160. The fourth-order valence-electron chi connectivity index (χ4n) is 6.72. The summed E-state index contributed by atoms with van der Waals surface area (Å²) in [6, 6.07) is 0. The molecule has 1 rings (SSSR count). The lowest BCUT2D eigenvalue weighted by atomic mass is 10.00. The van der Waals surface area contributed by atoms with E-state index in [1.807, 2.05) is 0 Å². The predicted molar refractivity (Wildman–Crippen MR) is 224 cm³/mol. The molecular formula is C44H80O12S. The first kappa shape index (κ1) is 53.1. The molecule has 0 radical (unpaired) electrons. The highest BCUT2D eigenvalue weighted by Gasteiger charge is 2.46. The summed E-state index contributed by atoms with van der Waals surface area (Å²) in [5.74, 6) is -2.00. The number of carbonyl (C=O) groups is 2. The van der Waals surface area contributed by atoms with Crippen molar-refractivity contribution in [2.45, 2.75) is 224 Å². The monoisotopic (exact) mass is 833 g/mol. The van der Waals surface area contributed by atoms with Crippen molar-refractivity contribution in [2.24, 2.45) is 0 Å². The highest BCUT2D eigenvalue weighted by molar-refractivity contribution is 7.85. The molecule has 1 fully saturated rings. The van der Waals surface area contributed by atoms with Crippen molar-refractivity contribution < 1.29 is 56.8 Å². The van der Waals surface area contributed by atoms with E-state index in [-0.39, 0.29) is 19.4 Å². The van der Waals surface area contributed by atoms with Crippen molar-refractivity contribution in [3.05, 3.63) is 24.3 Å². The van der Waals surface area contributed by atoms with Crippen LogP contribution in [0.3, 0.4) is 0 Å². The molecule has 0 aromatic carbocycles. The molecule has 1 saturated heterocycles. The number of allylic oxidation sites excluding steroid dienone is 4. The number of unbranched alkanes of at least 4 members (excludes halogenated alkanes) is 21. The van der Waals surface area contributed by atoms with E-state index in [2.05, 4.69) is 38.2 Å². The zero-order chi connectivity index (χ0) is 42.0. The number of esters is 2. The highest BCUT2D eigenvalue weighted by atomic mass is 32.2. The predicted octanol–water partition coefficient (Wildman–Crippen LogP) is 8.84. The van der Waals surface area contributed by atoms with Gasteiger partial charge in [0.1, 0.15) is 36.8 Å². The Labute approximate surface area is 345 Å². The second-order valence-corrected chi connectivity index (χ2v) is 17.2. The van der Waals surface area contributed by atoms with Gasteiger partial charge in [-0.3, -0.25) is 14.1 Å². The molecule has 2 unspecified atom stereocenters. The maximum atomic E-state index is 12.8. The number of hydrogen-bond donors (Lipinski definition) is 4. The van der Waals surface area contributed by atoms with Crippen molar-refractivity contribution in [3.63, 3.8) is 0 Å². The first-order chi connectivity index (χ1) is 27.5. The van der Waals surface area contributed by atoms with Gasteiger partial charge < -0.3 is 34.3 Å². The molecule has 0 bridgehead atoms. The number of ether oxygens (including phenoxy) is 4. The van der Waals surface area contributed by atoms with Crippen molar-refractivity contribution in [1.29, 1.82) is 0 Å². The minimum absolute atomic E-state index is 0.154. The number of rotatable bonds is 37. The molecule has 334 valence electrons. The topological polar surface area (TPSA) is 186 Å². The molecule has 1 heterocycles. The lowest BCUT2D eigenvalue weighted by molar-refractivity contribution is -0.297. The maximum Gasteiger partial charge on any atom is 0.306 e. The van der Waals surface area contributed by atoms with Crippen LogP contribution in [0.15, 0.2) is 24.3 Å². The molecule has 0 aromatic rings. The summed E-state index contributed by atoms with van der Waals surface area (Å²) in [7, 11) is -4.60. The van der Waals surface area contributed by atoms with Crippen LogP contribution in [0.2, 0.25) is 0 Å². The lowest BCUT2D eigenvalue weighted by Gasteiger charge is -2.40. The van der Waals surface area contributed by atoms with Crippen molar-refractivity contribution in [3.8, 4) is 0 Å². The van der Waals surface area contributed by atoms with Gasteiger partial charge in [-0.15, -0.1) is 0 Å². The van der Waals surface area contributed by atoms with Crippen molar-refractivity contribution in [2.75, 3.05) is 19.0 Å². The molecule has 13 heteroatoms. The summed E-state index contributed by atoms with van der Waals surface area (Å²) >= 11 is 0. The number of hydrogen-bond acceptors (Lipinski definition) is 11. The molecule has 1 aliphatic heterocycles. The van der Waals surface area contributed by atoms with E-state index in [0.29, 0.717) is 12.8 Å². The van der Waals surface area contributed by atoms with Crippen LogP contribution in [0.5, 0.6) is 0 Å². The molecule has 0 aromatic heterocycles. The van der Waals surface area contributed by atoms with Gasteiger partial charge in [0.2, 0.25) is 0 Å². The summed E-state index contributed by atoms with van der Waals surface area (Å²) in [4.78, 5) is 25.4. The lowest BCUT2D eigenvalue weighted by Crippen LogP contribution is -2.60. The zero-order valence-corrected chi connectivity index (χ0v) is 36.3. The smallest absolute Gasteiger partial charge is 0.306 e. The maximum absolute atomic E-state index is 12.8. The van der Waals surface area contributed by atoms with Crippen LogP contribution in [0.1, 0.15) is 187 Å². The minimum atomic E-state index is -4.60. The number of aliphatic hydroxyl groups is 3. The highest BCUT2D eigenvalue weighted by Crippen LogP contribution is 2.24. The van der Waals surface area contributed by atoms with Gasteiger partial charge in [0.05, 0.1) is 6.61 Å². The second-order valence-electron chi connectivity index (χ2n) is 15.7. The molecule has 0 aliphatic carbocycles. The van der Waals surface area contributed by atoms with E-state index >= 15 is 0 Å². The van der Waals surface area contributed by atoms with E-state index in [4.69, 9.17) is 18.9 Å². The summed E-state index contributed by atoms with van der Waals surface area (Å²) in [6.45, 7) is 3.73. The van der Waals surface area contributed by atoms with Gasteiger partial charge in [-0.2, -0.15) is 8.42 Å². The van der Waals surface area contributed by atoms with E-state index in [9.17, 15) is 37.9 Å². The largest absolute Gasteiger partial charge is 0.462 e. The number of aliphatic hydroxyl groups excluding tert-OH is 3. The van der Waals surface area contributed by atoms with Gasteiger partial charge in [0, 0.05) is 12.8 Å². The molecule has 1 aliphatic rings. The van der Waals surface area contributed by atoms with Crippen LogP contribution >= 0.6 is 0 Å². The molecular weight excluding hydrogens is 753 g/mol. The molecule has 0 spiro atoms. The van der Waals surface area contributed by atoms with Gasteiger partial charge in [-0.05, 0) is 64.2 Å². The summed E-state index contributed by atoms with van der Waals surface area (Å²) in [6.07, 6.45) is 27.9. The normalized spacial score (nSPS) is 20.7. The van der Waals surface area contributed by atoms with Crippen LogP contribution < -0.4 is 0 Å². The van der Waals surface area contributed by atoms with Crippen LogP contribution in [0.4, 0.5) is 0 Å². The van der Waals surface area contributed by atoms with Gasteiger partial charge in [-0.25, -0.2) is 0 Å². The molecule has 4 N–H and O–H groups in total. The Hall–Kier alpha value is -1.87. The SMILES string of the molecule is CCCCCCC/C=C/CCCCCCCC(=O)OC[C@H](CO[C@H]1O[C@H](CS(=O)(=O)O)[C@@H](O)C(O)C1O)OC(=O)CCCCCCC/C=C/CCCCCCCC. The van der Waals surface area contributed by atoms with E-state index in [0.717, 1.165) is 77.0 Å². The molecule has 12 nitrogen and oxygen atoms in total. The third kappa shape index (κ3) is 29.9. The Balaban J connectivity index is 2.47. The molecule has 6 atom stereocenters. The average Bonchev–Trinajstić information content (AvgIpc) is 3.17. The standard InChI is InChI=1S/C44H80O12S/c1-3-5-7-9-11-13-15-17-19-21-23-25-27-29-31-33-40(46)55-37(35-54-44-43(49)42(48)41(47)38(56-44)36-57(50,51)52)34-53-39(45)32-30-28-26-24-22-20-18-16-14-12-10-8-6-4-2/h16-19,37-38,41-44,47-49H,3-15,20-36H2,1-2H3,(H,50,51,52)/b18-16+,19-17+/t37-,38-,41-,42?,43?,44+/m1/s1. The first-order valence-electron chi connectivity index (χ1n) is 22.4. The zero-order valence-electron chi connectivity index (χ0n) is 35.4. The summed E-state index contributed by atoms with van der Waals surface area (Å²) < 4.78 is 54.0. The Kier molecular flexibility index (Phi) is 32.6. The van der Waals surface area contributed by atoms with E-state index in [1.165, 1.54) is 70.6 Å². The fourth-order valence-corrected chi connectivity index (χ4v) is 7.42. The summed E-state index contributed by atoms with van der Waals surface area (Å²) in [5, 5.41) is 30.8. The Morgan fingerprint density at radius 1 is 0.579 bits per heavy atom. The van der Waals surface area contributed by atoms with Gasteiger partial charge >= 0.3 is 11.9 Å². The average molecular weight is 833 g/mol. The van der Waals surface area contributed by atoms with Crippen molar-refractivity contribution >= 4 is 22.1 Å².